The van der Waals surface area contributed by atoms with Crippen molar-refractivity contribution in [2.24, 2.45) is 0 Å². The van der Waals surface area contributed by atoms with Gasteiger partial charge in [0.05, 0.1) is 0 Å². The molecule has 0 bridgehead atoms. The smallest absolute Gasteiger partial charge is 0.341 e. The number of benzene rings is 2. The second-order valence-corrected chi connectivity index (χ2v) is 5.41. The van der Waals surface area contributed by atoms with Gasteiger partial charge in [-0.15, -0.1) is 0 Å². The van der Waals surface area contributed by atoms with E-state index in [2.05, 4.69) is 5.32 Å². The number of hydrogen-bond donors (Lipinski definition) is 2. The predicted octanol–water partition coefficient (Wildman–Crippen LogP) is 2.42. The predicted molar refractivity (Wildman–Crippen MR) is 96.3 cm³/mol. The molecule has 2 rings (SSSR count). The lowest BCUT2D eigenvalue weighted by Crippen LogP contribution is -2.26. The number of aliphatic carboxylic acids is 1. The zero-order chi connectivity index (χ0) is 18.8. The first kappa shape index (κ1) is 18.7. The van der Waals surface area contributed by atoms with Crippen LogP contribution in [0.15, 0.2) is 60.2 Å². The second-order valence-electron chi connectivity index (χ2n) is 5.41. The fraction of sp³-hybridized carbons (Fsp3) is 0.150. The number of carbonyl (C=O) groups excluding carboxylic acids is 1. The van der Waals surface area contributed by atoms with Crippen LogP contribution in [0, 0.1) is 11.3 Å². The maximum Gasteiger partial charge on any atom is 0.341 e. The van der Waals surface area contributed by atoms with Gasteiger partial charge >= 0.3 is 5.97 Å². The Bertz CT molecular complexity index is 821. The maximum absolute atomic E-state index is 12.1. The fourth-order valence-corrected chi connectivity index (χ4v) is 2.18. The van der Waals surface area contributed by atoms with Crippen molar-refractivity contribution in [3.63, 3.8) is 0 Å². The molecule has 26 heavy (non-hydrogen) atoms. The first-order valence-electron chi connectivity index (χ1n) is 7.97. The molecule has 0 fully saturated rings. The van der Waals surface area contributed by atoms with Gasteiger partial charge in [0.25, 0.3) is 5.91 Å². The zero-order valence-corrected chi connectivity index (χ0v) is 14.0. The number of carbonyl (C=O) groups is 2. The zero-order valence-electron chi connectivity index (χ0n) is 14.0. The van der Waals surface area contributed by atoms with Crippen molar-refractivity contribution in [1.29, 1.82) is 5.26 Å². The fourth-order valence-electron chi connectivity index (χ4n) is 2.18. The highest BCUT2D eigenvalue weighted by atomic mass is 16.5. The van der Waals surface area contributed by atoms with E-state index in [1.54, 1.807) is 24.3 Å². The lowest BCUT2D eigenvalue weighted by molar-refractivity contribution is -0.139. The number of nitrogens with zero attached hydrogens (tertiary/aromatic N) is 1. The average Bonchev–Trinajstić information content (AvgIpc) is 2.66. The average molecular weight is 350 g/mol. The van der Waals surface area contributed by atoms with E-state index in [4.69, 9.17) is 9.84 Å². The summed E-state index contributed by atoms with van der Waals surface area (Å²) in [5.41, 5.74) is 1.74. The molecule has 0 aliphatic heterocycles. The molecule has 0 saturated heterocycles. The number of carboxylic acid groups (broad SMARTS) is 1. The maximum atomic E-state index is 12.1. The Morgan fingerprint density at radius 2 is 1.81 bits per heavy atom. The Morgan fingerprint density at radius 3 is 2.42 bits per heavy atom. The van der Waals surface area contributed by atoms with Crippen LogP contribution < -0.4 is 10.1 Å². The molecule has 0 aliphatic rings. The van der Waals surface area contributed by atoms with Crippen LogP contribution in [0.25, 0.3) is 6.08 Å². The monoisotopic (exact) mass is 350 g/mol. The van der Waals surface area contributed by atoms with Crippen LogP contribution in [-0.2, 0) is 16.0 Å². The minimum Gasteiger partial charge on any atom is -0.482 e. The molecule has 0 radical (unpaired) electrons. The lowest BCUT2D eigenvalue weighted by Gasteiger charge is -2.05. The van der Waals surface area contributed by atoms with E-state index < -0.39 is 18.5 Å². The summed E-state index contributed by atoms with van der Waals surface area (Å²) in [4.78, 5) is 22.6. The van der Waals surface area contributed by atoms with E-state index in [0.29, 0.717) is 24.3 Å². The Labute approximate surface area is 151 Å². The van der Waals surface area contributed by atoms with Gasteiger partial charge in [0.2, 0.25) is 0 Å². The van der Waals surface area contributed by atoms with Crippen LogP contribution in [0.1, 0.15) is 11.1 Å². The molecule has 1 amide bonds. The molecule has 0 spiro atoms. The number of carboxylic acids is 1. The van der Waals surface area contributed by atoms with Crippen molar-refractivity contribution < 1.29 is 19.4 Å². The lowest BCUT2D eigenvalue weighted by atomic mass is 10.1. The Hall–Kier alpha value is -3.59. The molecule has 0 atom stereocenters. The highest BCUT2D eigenvalue weighted by Gasteiger charge is 2.08. The van der Waals surface area contributed by atoms with Crippen LogP contribution >= 0.6 is 0 Å². The van der Waals surface area contributed by atoms with Gasteiger partial charge in [-0.3, -0.25) is 4.79 Å². The minimum atomic E-state index is -1.06. The van der Waals surface area contributed by atoms with Gasteiger partial charge in [-0.25, -0.2) is 4.79 Å². The molecule has 0 aromatic heterocycles. The number of nitriles is 1. The SMILES string of the molecule is N#C/C(=C\c1ccc(OCC(=O)O)cc1)C(=O)NCCc1ccccc1. The molecular weight excluding hydrogens is 332 g/mol. The summed E-state index contributed by atoms with van der Waals surface area (Å²) in [6.07, 6.45) is 2.15. The van der Waals surface area contributed by atoms with Crippen LogP contribution in [-0.4, -0.2) is 30.1 Å². The molecule has 6 heteroatoms. The third kappa shape index (κ3) is 6.13. The topological polar surface area (TPSA) is 99.4 Å². The molecule has 0 aliphatic carbocycles. The van der Waals surface area contributed by atoms with Crippen molar-refractivity contribution in [1.82, 2.24) is 5.32 Å². The normalized spacial score (nSPS) is 10.7. The second kappa shape index (κ2) is 9.64. The molecule has 132 valence electrons. The van der Waals surface area contributed by atoms with Gasteiger partial charge in [-0.05, 0) is 35.8 Å². The Balaban J connectivity index is 1.92. The number of ether oxygens (including phenoxy) is 1. The summed E-state index contributed by atoms with van der Waals surface area (Å²) < 4.78 is 5.03. The van der Waals surface area contributed by atoms with Gasteiger partial charge in [0.1, 0.15) is 17.4 Å². The molecule has 2 aromatic rings. The third-order valence-electron chi connectivity index (χ3n) is 3.46. The van der Waals surface area contributed by atoms with Crippen LogP contribution in [0.4, 0.5) is 0 Å². The van der Waals surface area contributed by atoms with E-state index in [-0.39, 0.29) is 5.57 Å². The van der Waals surface area contributed by atoms with E-state index >= 15 is 0 Å². The van der Waals surface area contributed by atoms with Gasteiger partial charge in [0.15, 0.2) is 6.61 Å². The first-order valence-corrected chi connectivity index (χ1v) is 7.97. The Morgan fingerprint density at radius 1 is 1.12 bits per heavy atom. The standard InChI is InChI=1S/C20H18N2O4/c21-13-17(20(25)22-11-10-15-4-2-1-3-5-15)12-16-6-8-18(9-7-16)26-14-19(23)24/h1-9,12H,10-11,14H2,(H,22,25)(H,23,24)/b17-12+. The van der Waals surface area contributed by atoms with E-state index in [1.807, 2.05) is 36.4 Å². The van der Waals surface area contributed by atoms with E-state index in [1.165, 1.54) is 6.08 Å². The van der Waals surface area contributed by atoms with Crippen LogP contribution in [0.3, 0.4) is 0 Å². The van der Waals surface area contributed by atoms with Crippen molar-refractivity contribution in [2.45, 2.75) is 6.42 Å². The van der Waals surface area contributed by atoms with Gasteiger partial charge in [-0.1, -0.05) is 42.5 Å². The first-order chi connectivity index (χ1) is 12.6. The number of rotatable bonds is 8. The van der Waals surface area contributed by atoms with Gasteiger partial charge in [0, 0.05) is 6.54 Å². The summed E-state index contributed by atoms with van der Waals surface area (Å²) >= 11 is 0. The summed E-state index contributed by atoms with van der Waals surface area (Å²) in [5, 5.41) is 20.5. The van der Waals surface area contributed by atoms with Gasteiger partial charge in [-0.2, -0.15) is 5.26 Å². The molecule has 6 nitrogen and oxygen atoms in total. The van der Waals surface area contributed by atoms with E-state index in [9.17, 15) is 14.9 Å². The Kier molecular flexibility index (Phi) is 6.95. The summed E-state index contributed by atoms with van der Waals surface area (Å²) in [5.74, 6) is -1.10. The number of amides is 1. The third-order valence-corrected chi connectivity index (χ3v) is 3.46. The highest BCUT2D eigenvalue weighted by Crippen LogP contribution is 2.14. The van der Waals surface area contributed by atoms with Crippen LogP contribution in [0.2, 0.25) is 0 Å². The summed E-state index contributed by atoms with van der Waals surface area (Å²) in [6.45, 7) is 0.00623. The number of hydrogen-bond acceptors (Lipinski definition) is 4. The van der Waals surface area contributed by atoms with Crippen molar-refractivity contribution >= 4 is 18.0 Å². The minimum absolute atomic E-state index is 0.00253. The van der Waals surface area contributed by atoms with Crippen molar-refractivity contribution in [3.8, 4) is 11.8 Å². The van der Waals surface area contributed by atoms with E-state index in [0.717, 1.165) is 5.56 Å². The van der Waals surface area contributed by atoms with Crippen molar-refractivity contribution in [3.05, 3.63) is 71.3 Å². The molecule has 0 saturated carbocycles. The van der Waals surface area contributed by atoms with Gasteiger partial charge < -0.3 is 15.2 Å². The van der Waals surface area contributed by atoms with Crippen LogP contribution in [0.5, 0.6) is 5.75 Å². The van der Waals surface area contributed by atoms with Crippen molar-refractivity contribution in [2.75, 3.05) is 13.2 Å². The molecule has 0 unspecified atom stereocenters. The molecule has 2 N–H and O–H groups in total. The molecule has 2 aromatic carbocycles. The highest BCUT2D eigenvalue weighted by molar-refractivity contribution is 6.01. The summed E-state index contributed by atoms with van der Waals surface area (Å²) in [6, 6.07) is 18.1. The molecule has 0 heterocycles. The number of nitrogens with one attached hydrogen (secondary N) is 1. The molecular formula is C20H18N2O4. The quantitative estimate of drug-likeness (QED) is 0.563. The summed E-state index contributed by atoms with van der Waals surface area (Å²) in [7, 11) is 0. The largest absolute Gasteiger partial charge is 0.482 e.